The highest BCUT2D eigenvalue weighted by Gasteiger charge is 2.64. The maximum Gasteiger partial charge on any atom is 0.331 e. The van der Waals surface area contributed by atoms with Gasteiger partial charge in [-0.15, -0.1) is 0 Å². The summed E-state index contributed by atoms with van der Waals surface area (Å²) in [5.41, 5.74) is 1.14. The van der Waals surface area contributed by atoms with Crippen molar-refractivity contribution in [2.75, 3.05) is 0 Å². The van der Waals surface area contributed by atoms with Crippen molar-refractivity contribution < 1.29 is 19.4 Å². The first-order valence-electron chi connectivity index (χ1n) is 10.9. The molecule has 2 aliphatic heterocycles. The third-order valence-electron chi connectivity index (χ3n) is 6.78. The molecule has 5 nitrogen and oxygen atoms in total. The smallest absolute Gasteiger partial charge is 0.331 e. The Labute approximate surface area is 174 Å². The fourth-order valence-corrected chi connectivity index (χ4v) is 5.29. The molecule has 160 valence electrons. The number of aliphatic hydroxyl groups is 1. The van der Waals surface area contributed by atoms with Gasteiger partial charge in [-0.3, -0.25) is 4.79 Å². The van der Waals surface area contributed by atoms with Crippen LogP contribution in [-0.4, -0.2) is 34.7 Å². The van der Waals surface area contributed by atoms with E-state index in [0.29, 0.717) is 12.3 Å². The van der Waals surface area contributed by atoms with Crippen molar-refractivity contribution in [1.29, 1.82) is 0 Å². The molecule has 1 saturated heterocycles. The number of carbonyl (C=O) groups excluding carboxylic acids is 2. The minimum Gasteiger partial charge on any atom is -0.444 e. The van der Waals surface area contributed by atoms with E-state index in [4.69, 9.17) is 4.74 Å². The molecule has 0 bridgehead atoms. The van der Waals surface area contributed by atoms with Gasteiger partial charge in [0.1, 0.15) is 0 Å². The number of rotatable bonds is 2. The normalized spacial score (nSPS) is 41.0. The molecule has 1 amide bonds. The topological polar surface area (TPSA) is 75.6 Å². The predicted octanol–water partition coefficient (Wildman–Crippen LogP) is 3.69. The predicted molar refractivity (Wildman–Crippen MR) is 113 cm³/mol. The first-order chi connectivity index (χ1) is 13.6. The standard InChI is InChI=1S/C24H35NO4/c1-14(2)11-20-22-17(5)16(4)13-18-12-15(3)7-6-8-19(26)9-10-21(27)29-24(18,22)23(28)25-20/h9-10,12-14,17-20,22,26H,6-8,11H2,1-5H3,(H,25,28)/b10-9+,15-12+/t17-,18-,19-,20-,22+,24+/m0/s1. The van der Waals surface area contributed by atoms with Gasteiger partial charge in [0.2, 0.25) is 5.60 Å². The van der Waals surface area contributed by atoms with E-state index < -0.39 is 17.7 Å². The molecule has 2 heterocycles. The lowest BCUT2D eigenvalue weighted by atomic mass is 9.63. The number of hydrogen-bond donors (Lipinski definition) is 2. The molecule has 6 atom stereocenters. The highest BCUT2D eigenvalue weighted by molar-refractivity contribution is 5.94. The quantitative estimate of drug-likeness (QED) is 0.547. The molecule has 0 aromatic rings. The average Bonchev–Trinajstić information content (AvgIpc) is 2.89. The lowest BCUT2D eigenvalue weighted by Gasteiger charge is -2.45. The van der Waals surface area contributed by atoms with Crippen LogP contribution in [0.4, 0.5) is 0 Å². The maximum absolute atomic E-state index is 13.4. The van der Waals surface area contributed by atoms with E-state index in [1.165, 1.54) is 17.7 Å². The van der Waals surface area contributed by atoms with E-state index >= 15 is 0 Å². The molecule has 3 aliphatic rings. The molecule has 3 rings (SSSR count). The molecular weight excluding hydrogens is 366 g/mol. The van der Waals surface area contributed by atoms with Crippen LogP contribution in [0.1, 0.15) is 60.3 Å². The Morgan fingerprint density at radius 2 is 2.00 bits per heavy atom. The minimum atomic E-state index is -1.24. The van der Waals surface area contributed by atoms with Crippen LogP contribution in [0.2, 0.25) is 0 Å². The van der Waals surface area contributed by atoms with Crippen molar-refractivity contribution in [3.05, 3.63) is 35.5 Å². The zero-order chi connectivity index (χ0) is 21.3. The summed E-state index contributed by atoms with van der Waals surface area (Å²) in [4.78, 5) is 26.2. The van der Waals surface area contributed by atoms with Gasteiger partial charge in [0.05, 0.1) is 6.10 Å². The van der Waals surface area contributed by atoms with Crippen molar-refractivity contribution >= 4 is 11.9 Å². The summed E-state index contributed by atoms with van der Waals surface area (Å²) in [5.74, 6) is -0.632. The molecule has 29 heavy (non-hydrogen) atoms. The van der Waals surface area contributed by atoms with Crippen LogP contribution in [0.3, 0.4) is 0 Å². The van der Waals surface area contributed by atoms with Gasteiger partial charge in [0, 0.05) is 24.0 Å². The molecule has 0 radical (unpaired) electrons. The number of ether oxygens (including phenoxy) is 1. The van der Waals surface area contributed by atoms with Gasteiger partial charge in [-0.2, -0.15) is 0 Å². The van der Waals surface area contributed by atoms with Gasteiger partial charge in [-0.05, 0) is 57.4 Å². The average molecular weight is 402 g/mol. The number of amides is 1. The Morgan fingerprint density at radius 1 is 1.28 bits per heavy atom. The van der Waals surface area contributed by atoms with E-state index in [2.05, 4.69) is 52.1 Å². The molecule has 0 saturated carbocycles. The zero-order valence-electron chi connectivity index (χ0n) is 18.3. The van der Waals surface area contributed by atoms with Crippen molar-refractivity contribution in [2.24, 2.45) is 23.7 Å². The highest BCUT2D eigenvalue weighted by Crippen LogP contribution is 2.50. The molecule has 2 N–H and O–H groups in total. The fourth-order valence-electron chi connectivity index (χ4n) is 5.29. The highest BCUT2D eigenvalue weighted by atomic mass is 16.6. The largest absolute Gasteiger partial charge is 0.444 e. The maximum atomic E-state index is 13.4. The molecule has 0 aromatic carbocycles. The molecule has 1 aliphatic carbocycles. The van der Waals surface area contributed by atoms with Gasteiger partial charge in [0.15, 0.2) is 0 Å². The minimum absolute atomic E-state index is 0.0346. The molecule has 0 unspecified atom stereocenters. The number of esters is 1. The van der Waals surface area contributed by atoms with Crippen LogP contribution in [-0.2, 0) is 14.3 Å². The summed E-state index contributed by atoms with van der Waals surface area (Å²) in [7, 11) is 0. The molecule has 0 aromatic heterocycles. The second-order valence-electron chi connectivity index (χ2n) is 9.51. The number of nitrogens with one attached hydrogen (secondary N) is 1. The fraction of sp³-hybridized carbons (Fsp3) is 0.667. The summed E-state index contributed by atoms with van der Waals surface area (Å²) < 4.78 is 6.04. The summed E-state index contributed by atoms with van der Waals surface area (Å²) in [5, 5.41) is 13.3. The van der Waals surface area contributed by atoms with Crippen LogP contribution >= 0.6 is 0 Å². The Kier molecular flexibility index (Phi) is 6.37. The van der Waals surface area contributed by atoms with Crippen molar-refractivity contribution in [3.63, 3.8) is 0 Å². The third kappa shape index (κ3) is 4.20. The summed E-state index contributed by atoms with van der Waals surface area (Å²) in [6.07, 6.45) is 9.40. The monoisotopic (exact) mass is 401 g/mol. The van der Waals surface area contributed by atoms with E-state index in [1.807, 2.05) is 0 Å². The molecular formula is C24H35NO4. The number of carbonyl (C=O) groups is 2. The van der Waals surface area contributed by atoms with Crippen molar-refractivity contribution in [2.45, 2.75) is 78.0 Å². The number of allylic oxidation sites excluding steroid dienone is 2. The van der Waals surface area contributed by atoms with Gasteiger partial charge in [0.25, 0.3) is 5.91 Å². The SMILES string of the molecule is CC1=C[C@@H]2/C=C(\C)CCC[C@H](O)/C=C/C(=O)O[C@]23C(=O)N[C@@H](CC(C)C)[C@H]3[C@H]1C. The van der Waals surface area contributed by atoms with E-state index in [9.17, 15) is 14.7 Å². The van der Waals surface area contributed by atoms with Gasteiger partial charge >= 0.3 is 5.97 Å². The van der Waals surface area contributed by atoms with E-state index in [0.717, 1.165) is 24.8 Å². The Bertz CT molecular complexity index is 750. The van der Waals surface area contributed by atoms with Crippen LogP contribution in [0, 0.1) is 23.7 Å². The number of hydrogen-bond acceptors (Lipinski definition) is 4. The zero-order valence-corrected chi connectivity index (χ0v) is 18.3. The summed E-state index contributed by atoms with van der Waals surface area (Å²) in [6, 6.07) is -0.0346. The van der Waals surface area contributed by atoms with Crippen LogP contribution in [0.25, 0.3) is 0 Å². The first kappa shape index (κ1) is 21.8. The van der Waals surface area contributed by atoms with Gasteiger partial charge in [-0.25, -0.2) is 4.79 Å². The molecule has 1 spiro atoms. The Morgan fingerprint density at radius 3 is 2.69 bits per heavy atom. The van der Waals surface area contributed by atoms with Crippen molar-refractivity contribution in [3.8, 4) is 0 Å². The molecule has 5 heteroatoms. The Hall–Kier alpha value is -1.88. The van der Waals surface area contributed by atoms with Crippen LogP contribution < -0.4 is 5.32 Å². The van der Waals surface area contributed by atoms with E-state index in [1.54, 1.807) is 0 Å². The van der Waals surface area contributed by atoms with Gasteiger partial charge in [-0.1, -0.05) is 44.1 Å². The van der Waals surface area contributed by atoms with Gasteiger partial charge < -0.3 is 15.2 Å². The van der Waals surface area contributed by atoms with Crippen LogP contribution in [0.15, 0.2) is 35.5 Å². The lowest BCUT2D eigenvalue weighted by molar-refractivity contribution is -0.172. The van der Waals surface area contributed by atoms with Crippen molar-refractivity contribution in [1.82, 2.24) is 5.32 Å². The number of aliphatic hydroxyl groups excluding tert-OH is 1. The third-order valence-corrected chi connectivity index (χ3v) is 6.78. The van der Waals surface area contributed by atoms with E-state index in [-0.39, 0.29) is 29.7 Å². The Balaban J connectivity index is 2.13. The molecule has 1 fully saturated rings. The lowest BCUT2D eigenvalue weighted by Crippen LogP contribution is -2.56. The van der Waals surface area contributed by atoms with Crippen LogP contribution in [0.5, 0.6) is 0 Å². The first-order valence-corrected chi connectivity index (χ1v) is 10.9. The second kappa shape index (κ2) is 8.47. The summed E-state index contributed by atoms with van der Waals surface area (Å²) >= 11 is 0. The summed E-state index contributed by atoms with van der Waals surface area (Å²) in [6.45, 7) is 10.6. The second-order valence-corrected chi connectivity index (χ2v) is 9.51.